The van der Waals surface area contributed by atoms with Crippen molar-refractivity contribution in [2.24, 2.45) is 0 Å². The fourth-order valence-electron chi connectivity index (χ4n) is 2.17. The molecule has 4 nitrogen and oxygen atoms in total. The van der Waals surface area contributed by atoms with Gasteiger partial charge in [0, 0.05) is 6.42 Å². The number of ether oxygens (including phenoxy) is 1. The number of hydrogen-bond donors (Lipinski definition) is 1. The van der Waals surface area contributed by atoms with Gasteiger partial charge in [0.2, 0.25) is 0 Å². The first-order chi connectivity index (χ1) is 8.83. The number of benzene rings is 1. The minimum absolute atomic E-state index is 0.520. The molecule has 0 saturated heterocycles. The normalized spacial score (nSPS) is 15.2. The van der Waals surface area contributed by atoms with E-state index in [-0.39, 0.29) is 0 Å². The molecule has 2 heterocycles. The third kappa shape index (κ3) is 2.37. The summed E-state index contributed by atoms with van der Waals surface area (Å²) >= 11 is 1.13. The Bertz CT molecular complexity index is 528. The largest absolute Gasteiger partial charge is 0.493 e. The van der Waals surface area contributed by atoms with Gasteiger partial charge in [-0.1, -0.05) is 12.1 Å². The maximum atomic E-state index is 9.94. The summed E-state index contributed by atoms with van der Waals surface area (Å²) in [6.45, 7) is 0.784. The summed E-state index contributed by atoms with van der Waals surface area (Å²) in [5, 5.41) is 9.94. The number of nitrogens with zero attached hydrogens (tertiary/aromatic N) is 2. The average molecular weight is 262 g/mol. The first kappa shape index (κ1) is 11.6. The van der Waals surface area contributed by atoms with E-state index in [0.29, 0.717) is 12.1 Å². The summed E-state index contributed by atoms with van der Waals surface area (Å²) in [5.74, 6) is 1.00. The predicted molar refractivity (Wildman–Crippen MR) is 68.8 cm³/mol. The highest BCUT2D eigenvalue weighted by molar-refractivity contribution is 6.99. The molecule has 1 aromatic heterocycles. The van der Waals surface area contributed by atoms with Crippen LogP contribution in [0.4, 0.5) is 0 Å². The molecule has 0 amide bonds. The molecule has 0 radical (unpaired) electrons. The summed E-state index contributed by atoms with van der Waals surface area (Å²) in [5.41, 5.74) is 3.18. The van der Waals surface area contributed by atoms with E-state index in [0.717, 1.165) is 36.9 Å². The topological polar surface area (TPSA) is 55.2 Å². The van der Waals surface area contributed by atoms with E-state index in [9.17, 15) is 5.11 Å². The maximum Gasteiger partial charge on any atom is 0.122 e. The average Bonchev–Trinajstić information content (AvgIpc) is 3.05. The Kier molecular flexibility index (Phi) is 3.25. The zero-order valence-corrected chi connectivity index (χ0v) is 10.7. The SMILES string of the molecule is OC(CCc1ccc2c(c1)CCO2)c1cnsn1. The van der Waals surface area contributed by atoms with Crippen molar-refractivity contribution in [3.8, 4) is 5.75 Å². The van der Waals surface area contributed by atoms with E-state index in [1.165, 1.54) is 11.1 Å². The number of aromatic nitrogens is 2. The van der Waals surface area contributed by atoms with Gasteiger partial charge >= 0.3 is 0 Å². The van der Waals surface area contributed by atoms with Crippen molar-refractivity contribution in [1.29, 1.82) is 0 Å². The first-order valence-electron chi connectivity index (χ1n) is 6.03. The van der Waals surface area contributed by atoms with E-state index >= 15 is 0 Å². The number of hydrogen-bond acceptors (Lipinski definition) is 5. The molecule has 0 saturated carbocycles. The highest BCUT2D eigenvalue weighted by atomic mass is 32.1. The molecule has 1 unspecified atom stereocenters. The lowest BCUT2D eigenvalue weighted by atomic mass is 10.0. The van der Waals surface area contributed by atoms with Crippen LogP contribution in [0.1, 0.15) is 29.3 Å². The molecule has 94 valence electrons. The van der Waals surface area contributed by atoms with Gasteiger partial charge < -0.3 is 9.84 Å². The Morgan fingerprint density at radius 2 is 2.39 bits per heavy atom. The monoisotopic (exact) mass is 262 g/mol. The minimum atomic E-state index is -0.520. The van der Waals surface area contributed by atoms with Gasteiger partial charge in [0.05, 0.1) is 30.6 Å². The van der Waals surface area contributed by atoms with E-state index in [1.807, 2.05) is 6.07 Å². The summed E-state index contributed by atoms with van der Waals surface area (Å²) in [4.78, 5) is 0. The van der Waals surface area contributed by atoms with Crippen molar-refractivity contribution >= 4 is 11.7 Å². The van der Waals surface area contributed by atoms with Crippen molar-refractivity contribution in [2.45, 2.75) is 25.4 Å². The molecule has 1 aliphatic heterocycles. The first-order valence-corrected chi connectivity index (χ1v) is 6.76. The number of aliphatic hydroxyl groups excluding tert-OH is 1. The zero-order valence-electron chi connectivity index (χ0n) is 9.87. The second-order valence-electron chi connectivity index (χ2n) is 4.43. The maximum absolute atomic E-state index is 9.94. The summed E-state index contributed by atoms with van der Waals surface area (Å²) in [6.07, 6.45) is 3.61. The quantitative estimate of drug-likeness (QED) is 0.917. The van der Waals surface area contributed by atoms with Crippen LogP contribution in [0.2, 0.25) is 0 Å². The lowest BCUT2D eigenvalue weighted by Gasteiger charge is -2.08. The fraction of sp³-hybridized carbons (Fsp3) is 0.385. The van der Waals surface area contributed by atoms with Gasteiger partial charge in [-0.05, 0) is 30.0 Å². The van der Waals surface area contributed by atoms with Crippen LogP contribution < -0.4 is 4.74 Å². The van der Waals surface area contributed by atoms with Gasteiger partial charge in [0.15, 0.2) is 0 Å². The molecular formula is C13H14N2O2S. The van der Waals surface area contributed by atoms with E-state index < -0.39 is 6.10 Å². The second-order valence-corrected chi connectivity index (χ2v) is 4.98. The highest BCUT2D eigenvalue weighted by Crippen LogP contribution is 2.27. The van der Waals surface area contributed by atoms with Gasteiger partial charge in [-0.25, -0.2) is 0 Å². The molecule has 5 heteroatoms. The molecule has 3 rings (SSSR count). The molecule has 0 fully saturated rings. The Labute approximate surface area is 110 Å². The molecule has 1 N–H and O–H groups in total. The number of fused-ring (bicyclic) bond motifs is 1. The Hall–Kier alpha value is -1.46. The van der Waals surface area contributed by atoms with Crippen LogP contribution in [-0.4, -0.2) is 20.5 Å². The number of aliphatic hydroxyl groups is 1. The van der Waals surface area contributed by atoms with Crippen LogP contribution in [0.25, 0.3) is 0 Å². The highest BCUT2D eigenvalue weighted by Gasteiger charge is 2.14. The lowest BCUT2D eigenvalue weighted by molar-refractivity contribution is 0.164. The molecule has 1 aromatic carbocycles. The minimum Gasteiger partial charge on any atom is -0.493 e. The van der Waals surface area contributed by atoms with Crippen molar-refractivity contribution in [2.75, 3.05) is 6.61 Å². The van der Waals surface area contributed by atoms with Crippen LogP contribution >= 0.6 is 11.7 Å². The molecule has 0 bridgehead atoms. The zero-order chi connectivity index (χ0) is 12.4. The number of rotatable bonds is 4. The molecular weight excluding hydrogens is 248 g/mol. The molecule has 1 aliphatic rings. The number of aryl methyl sites for hydroxylation is 1. The van der Waals surface area contributed by atoms with Gasteiger partial charge in [-0.2, -0.15) is 8.75 Å². The van der Waals surface area contributed by atoms with E-state index in [2.05, 4.69) is 20.9 Å². The van der Waals surface area contributed by atoms with Gasteiger partial charge in [0.25, 0.3) is 0 Å². The van der Waals surface area contributed by atoms with E-state index in [4.69, 9.17) is 4.74 Å². The standard InChI is InChI=1S/C13H14N2O2S/c16-12(11-8-14-18-15-11)3-1-9-2-4-13-10(7-9)5-6-17-13/h2,4,7-8,12,16H,1,3,5-6H2. The third-order valence-corrected chi connectivity index (χ3v) is 3.67. The Morgan fingerprint density at radius 1 is 1.44 bits per heavy atom. The van der Waals surface area contributed by atoms with Crippen molar-refractivity contribution in [1.82, 2.24) is 8.75 Å². The molecule has 1 atom stereocenters. The predicted octanol–water partition coefficient (Wildman–Crippen LogP) is 2.14. The van der Waals surface area contributed by atoms with Gasteiger partial charge in [-0.3, -0.25) is 0 Å². The lowest BCUT2D eigenvalue weighted by Crippen LogP contribution is -2.00. The fourth-order valence-corrected chi connectivity index (χ4v) is 2.63. The molecule has 0 spiro atoms. The van der Waals surface area contributed by atoms with Crippen LogP contribution in [0.3, 0.4) is 0 Å². The van der Waals surface area contributed by atoms with Crippen molar-refractivity contribution < 1.29 is 9.84 Å². The second kappa shape index (κ2) is 5.04. The van der Waals surface area contributed by atoms with E-state index in [1.54, 1.807) is 6.20 Å². The smallest absolute Gasteiger partial charge is 0.122 e. The van der Waals surface area contributed by atoms with Crippen LogP contribution in [-0.2, 0) is 12.8 Å². The Morgan fingerprint density at radius 3 is 3.22 bits per heavy atom. The summed E-state index contributed by atoms with van der Waals surface area (Å²) in [6, 6.07) is 6.26. The van der Waals surface area contributed by atoms with Crippen molar-refractivity contribution in [3.63, 3.8) is 0 Å². The van der Waals surface area contributed by atoms with Gasteiger partial charge in [0.1, 0.15) is 11.4 Å². The molecule has 18 heavy (non-hydrogen) atoms. The molecule has 0 aliphatic carbocycles. The van der Waals surface area contributed by atoms with Gasteiger partial charge in [-0.15, -0.1) is 0 Å². The van der Waals surface area contributed by atoms with Crippen LogP contribution in [0, 0.1) is 0 Å². The Balaban J connectivity index is 1.63. The van der Waals surface area contributed by atoms with Crippen molar-refractivity contribution in [3.05, 3.63) is 41.2 Å². The summed E-state index contributed by atoms with van der Waals surface area (Å²) in [7, 11) is 0. The van der Waals surface area contributed by atoms with Crippen LogP contribution in [0.5, 0.6) is 5.75 Å². The third-order valence-electron chi connectivity index (χ3n) is 3.18. The summed E-state index contributed by atoms with van der Waals surface area (Å²) < 4.78 is 13.4. The van der Waals surface area contributed by atoms with Crippen LogP contribution in [0.15, 0.2) is 24.4 Å². The molecule has 2 aromatic rings.